The minimum atomic E-state index is -0.347. The first-order valence-electron chi connectivity index (χ1n) is 6.85. The van der Waals surface area contributed by atoms with Gasteiger partial charge in [0.25, 0.3) is 0 Å². The highest BCUT2D eigenvalue weighted by molar-refractivity contribution is 9.10. The van der Waals surface area contributed by atoms with Crippen molar-refractivity contribution in [2.24, 2.45) is 0 Å². The molecule has 0 radical (unpaired) electrons. The van der Waals surface area contributed by atoms with Gasteiger partial charge < -0.3 is 10.1 Å². The fourth-order valence-electron chi connectivity index (χ4n) is 2.02. The molecule has 0 aliphatic rings. The van der Waals surface area contributed by atoms with Crippen molar-refractivity contribution in [3.8, 4) is 5.75 Å². The lowest BCUT2D eigenvalue weighted by molar-refractivity contribution is 0.289. The van der Waals surface area contributed by atoms with Gasteiger partial charge in [0, 0.05) is 28.5 Å². The molecule has 1 N–H and O–H groups in total. The number of rotatable bonds is 6. The maximum absolute atomic E-state index is 14.1. The molecular weight excluding hydrogens is 335 g/mol. The normalized spacial score (nSPS) is 12.2. The maximum atomic E-state index is 14.1. The third-order valence-corrected chi connectivity index (χ3v) is 3.56. The van der Waals surface area contributed by atoms with E-state index in [1.165, 1.54) is 6.07 Å². The van der Waals surface area contributed by atoms with Crippen molar-refractivity contribution in [1.82, 2.24) is 10.3 Å². The summed E-state index contributed by atoms with van der Waals surface area (Å²) >= 11 is 3.34. The summed E-state index contributed by atoms with van der Waals surface area (Å²) in [5, 5.41) is 3.25. The smallest absolute Gasteiger partial charge is 0.165 e. The Labute approximate surface area is 132 Å². The van der Waals surface area contributed by atoms with E-state index in [0.717, 1.165) is 22.1 Å². The Bertz CT molecular complexity index is 607. The summed E-state index contributed by atoms with van der Waals surface area (Å²) in [6.45, 7) is 5.16. The Balaban J connectivity index is 2.04. The van der Waals surface area contributed by atoms with Gasteiger partial charge in [0.05, 0.1) is 0 Å². The van der Waals surface area contributed by atoms with E-state index in [1.54, 1.807) is 18.5 Å². The number of nitrogens with zero attached hydrogens (tertiary/aromatic N) is 1. The zero-order valence-electron chi connectivity index (χ0n) is 12.1. The summed E-state index contributed by atoms with van der Waals surface area (Å²) in [4.78, 5) is 4.05. The molecule has 3 nitrogen and oxygen atoms in total. The second-order valence-electron chi connectivity index (χ2n) is 4.77. The molecule has 0 amide bonds. The van der Waals surface area contributed by atoms with Gasteiger partial charge in [0.1, 0.15) is 6.61 Å². The maximum Gasteiger partial charge on any atom is 0.165 e. The number of pyridine rings is 1. The van der Waals surface area contributed by atoms with Gasteiger partial charge in [-0.1, -0.05) is 13.0 Å². The Hall–Kier alpha value is -1.46. The number of ether oxygens (including phenoxy) is 1. The second-order valence-corrected chi connectivity index (χ2v) is 5.68. The lowest BCUT2D eigenvalue weighted by atomic mass is 10.1. The van der Waals surface area contributed by atoms with E-state index in [-0.39, 0.29) is 24.2 Å². The number of aromatic nitrogens is 1. The van der Waals surface area contributed by atoms with Crippen molar-refractivity contribution in [3.05, 3.63) is 58.1 Å². The van der Waals surface area contributed by atoms with Gasteiger partial charge in [-0.3, -0.25) is 4.98 Å². The molecular formula is C16H18BrFN2O. The highest BCUT2D eigenvalue weighted by Gasteiger charge is 2.09. The third-order valence-electron chi connectivity index (χ3n) is 3.12. The van der Waals surface area contributed by atoms with Gasteiger partial charge in [-0.15, -0.1) is 0 Å². The van der Waals surface area contributed by atoms with E-state index < -0.39 is 0 Å². The van der Waals surface area contributed by atoms with Crippen molar-refractivity contribution >= 4 is 15.9 Å². The Morgan fingerprint density at radius 2 is 2.14 bits per heavy atom. The molecule has 0 aliphatic heterocycles. The van der Waals surface area contributed by atoms with Crippen LogP contribution in [0.5, 0.6) is 5.75 Å². The highest BCUT2D eigenvalue weighted by Crippen LogP contribution is 2.23. The first-order valence-corrected chi connectivity index (χ1v) is 7.64. The van der Waals surface area contributed by atoms with E-state index in [0.29, 0.717) is 0 Å². The standard InChI is InChI=1S/C16H18BrFN2O/c1-3-20-11(2)13-4-5-16(15(18)7-13)21-10-12-6-14(17)9-19-8-12/h4-9,11,20H,3,10H2,1-2H3. The number of hydrogen-bond donors (Lipinski definition) is 1. The number of nitrogens with one attached hydrogen (secondary N) is 1. The second kappa shape index (κ2) is 7.52. The Morgan fingerprint density at radius 1 is 1.33 bits per heavy atom. The van der Waals surface area contributed by atoms with Crippen LogP contribution in [0.1, 0.15) is 31.0 Å². The molecule has 0 fully saturated rings. The zero-order chi connectivity index (χ0) is 15.2. The molecule has 1 aromatic carbocycles. The lowest BCUT2D eigenvalue weighted by Crippen LogP contribution is -2.17. The van der Waals surface area contributed by atoms with Gasteiger partial charge in [-0.05, 0) is 53.2 Å². The molecule has 112 valence electrons. The minimum Gasteiger partial charge on any atom is -0.486 e. The van der Waals surface area contributed by atoms with Crippen molar-refractivity contribution < 1.29 is 9.13 Å². The van der Waals surface area contributed by atoms with E-state index >= 15 is 0 Å². The number of benzene rings is 1. The van der Waals surface area contributed by atoms with Crippen molar-refractivity contribution in [3.63, 3.8) is 0 Å². The molecule has 5 heteroatoms. The van der Waals surface area contributed by atoms with Gasteiger partial charge in [0.2, 0.25) is 0 Å². The van der Waals surface area contributed by atoms with Crippen LogP contribution < -0.4 is 10.1 Å². The molecule has 0 saturated heterocycles. The van der Waals surface area contributed by atoms with E-state index in [9.17, 15) is 4.39 Å². The first-order chi connectivity index (χ1) is 10.1. The predicted octanol–water partition coefficient (Wildman–Crippen LogP) is 4.23. The summed E-state index contributed by atoms with van der Waals surface area (Å²) in [7, 11) is 0. The van der Waals surface area contributed by atoms with Gasteiger partial charge >= 0.3 is 0 Å². The Kier molecular flexibility index (Phi) is 5.70. The van der Waals surface area contributed by atoms with E-state index in [1.807, 2.05) is 26.0 Å². The van der Waals surface area contributed by atoms with Gasteiger partial charge in [-0.2, -0.15) is 0 Å². The molecule has 0 saturated carbocycles. The average molecular weight is 353 g/mol. The highest BCUT2D eigenvalue weighted by atomic mass is 79.9. The summed E-state index contributed by atoms with van der Waals surface area (Å²) in [5.41, 5.74) is 1.79. The van der Waals surface area contributed by atoms with Gasteiger partial charge in [-0.25, -0.2) is 4.39 Å². The molecule has 1 heterocycles. The monoisotopic (exact) mass is 352 g/mol. The minimum absolute atomic E-state index is 0.118. The van der Waals surface area contributed by atoms with Crippen LogP contribution in [0.25, 0.3) is 0 Å². The van der Waals surface area contributed by atoms with Crippen LogP contribution in [0, 0.1) is 5.82 Å². The van der Waals surface area contributed by atoms with Crippen LogP contribution in [0.4, 0.5) is 4.39 Å². The van der Waals surface area contributed by atoms with Crippen LogP contribution >= 0.6 is 15.9 Å². The largest absolute Gasteiger partial charge is 0.486 e. The fraction of sp³-hybridized carbons (Fsp3) is 0.312. The van der Waals surface area contributed by atoms with Crippen LogP contribution in [0.3, 0.4) is 0 Å². The molecule has 1 atom stereocenters. The average Bonchev–Trinajstić information content (AvgIpc) is 2.46. The zero-order valence-corrected chi connectivity index (χ0v) is 13.7. The summed E-state index contributed by atoms with van der Waals surface area (Å²) < 4.78 is 20.4. The van der Waals surface area contributed by atoms with E-state index in [2.05, 4.69) is 26.2 Å². The van der Waals surface area contributed by atoms with Crippen LogP contribution in [-0.4, -0.2) is 11.5 Å². The first kappa shape index (κ1) is 15.9. The molecule has 1 unspecified atom stereocenters. The molecule has 2 aromatic rings. The molecule has 1 aromatic heterocycles. The summed E-state index contributed by atoms with van der Waals surface area (Å²) in [5.74, 6) is -0.0948. The third kappa shape index (κ3) is 4.51. The lowest BCUT2D eigenvalue weighted by Gasteiger charge is -2.14. The summed E-state index contributed by atoms with van der Waals surface area (Å²) in [6.07, 6.45) is 3.39. The predicted molar refractivity (Wildman–Crippen MR) is 84.8 cm³/mol. The molecule has 2 rings (SSSR count). The Morgan fingerprint density at radius 3 is 2.81 bits per heavy atom. The molecule has 0 bridgehead atoms. The number of halogens is 2. The summed E-state index contributed by atoms with van der Waals surface area (Å²) in [6, 6.07) is 7.08. The SMILES string of the molecule is CCNC(C)c1ccc(OCc2cncc(Br)c2)c(F)c1. The van der Waals surface area contributed by atoms with Crippen LogP contribution in [0.2, 0.25) is 0 Å². The van der Waals surface area contributed by atoms with Crippen molar-refractivity contribution in [2.45, 2.75) is 26.5 Å². The van der Waals surface area contributed by atoms with E-state index in [4.69, 9.17) is 4.74 Å². The molecule has 0 aliphatic carbocycles. The van der Waals surface area contributed by atoms with Crippen molar-refractivity contribution in [1.29, 1.82) is 0 Å². The molecule has 0 spiro atoms. The quantitative estimate of drug-likeness (QED) is 0.844. The van der Waals surface area contributed by atoms with Gasteiger partial charge in [0.15, 0.2) is 11.6 Å². The fourth-order valence-corrected chi connectivity index (χ4v) is 2.44. The van der Waals surface area contributed by atoms with Crippen LogP contribution in [-0.2, 0) is 6.61 Å². The van der Waals surface area contributed by atoms with Crippen LogP contribution in [0.15, 0.2) is 41.1 Å². The topological polar surface area (TPSA) is 34.1 Å². The molecule has 21 heavy (non-hydrogen) atoms. The van der Waals surface area contributed by atoms with Crippen molar-refractivity contribution in [2.75, 3.05) is 6.54 Å². The number of hydrogen-bond acceptors (Lipinski definition) is 3.